The molecule has 3 aliphatic rings. The van der Waals surface area contributed by atoms with Gasteiger partial charge in [-0.15, -0.1) is 0 Å². The van der Waals surface area contributed by atoms with Crippen molar-refractivity contribution >= 4 is 5.91 Å². The Balaban J connectivity index is 1.54. The summed E-state index contributed by atoms with van der Waals surface area (Å²) in [6.45, 7) is 6.39. The number of hydrogen-bond donors (Lipinski definition) is 1. The lowest BCUT2D eigenvalue weighted by Crippen LogP contribution is -2.43. The monoisotopic (exact) mass is 264 g/mol. The van der Waals surface area contributed by atoms with Crippen molar-refractivity contribution < 1.29 is 4.79 Å². The van der Waals surface area contributed by atoms with Gasteiger partial charge in [0.2, 0.25) is 5.91 Å². The number of nitrogens with one attached hydrogen (secondary N) is 1. The SMILES string of the molecule is CCCN(CC1CCCNC1)C(=O)C1CC2CC2C1. The van der Waals surface area contributed by atoms with Crippen LogP contribution in [0, 0.1) is 23.7 Å². The van der Waals surface area contributed by atoms with Crippen LogP contribution in [0.1, 0.15) is 45.4 Å². The number of hydrogen-bond acceptors (Lipinski definition) is 2. The van der Waals surface area contributed by atoms with Gasteiger partial charge in [-0.1, -0.05) is 6.92 Å². The van der Waals surface area contributed by atoms with Crippen molar-refractivity contribution in [3.8, 4) is 0 Å². The van der Waals surface area contributed by atoms with Gasteiger partial charge in [0.15, 0.2) is 0 Å². The second-order valence-electron chi connectivity index (χ2n) is 6.92. The highest BCUT2D eigenvalue weighted by atomic mass is 16.2. The molecular weight excluding hydrogens is 236 g/mol. The Bertz CT molecular complexity index is 315. The molecule has 0 bridgehead atoms. The van der Waals surface area contributed by atoms with Crippen molar-refractivity contribution in [2.24, 2.45) is 23.7 Å². The van der Waals surface area contributed by atoms with Crippen LogP contribution >= 0.6 is 0 Å². The molecule has 3 fully saturated rings. The third kappa shape index (κ3) is 3.13. The maximum atomic E-state index is 12.7. The molecule has 0 aromatic carbocycles. The van der Waals surface area contributed by atoms with E-state index in [0.717, 1.165) is 44.4 Å². The maximum absolute atomic E-state index is 12.7. The minimum Gasteiger partial charge on any atom is -0.342 e. The van der Waals surface area contributed by atoms with Gasteiger partial charge in [-0.05, 0) is 69.4 Å². The van der Waals surface area contributed by atoms with Gasteiger partial charge < -0.3 is 10.2 Å². The molecule has 3 rings (SSSR count). The molecule has 1 aliphatic heterocycles. The molecule has 0 aromatic heterocycles. The first kappa shape index (κ1) is 13.4. The van der Waals surface area contributed by atoms with E-state index in [2.05, 4.69) is 17.1 Å². The Labute approximate surface area is 117 Å². The fourth-order valence-corrected chi connectivity index (χ4v) is 4.13. The summed E-state index contributed by atoms with van der Waals surface area (Å²) in [5, 5.41) is 3.47. The molecule has 3 heteroatoms. The minimum absolute atomic E-state index is 0.367. The minimum atomic E-state index is 0.367. The summed E-state index contributed by atoms with van der Waals surface area (Å²) in [5.41, 5.74) is 0. The Morgan fingerprint density at radius 3 is 2.68 bits per heavy atom. The Kier molecular flexibility index (Phi) is 4.11. The molecule has 1 heterocycles. The summed E-state index contributed by atoms with van der Waals surface area (Å²) in [5.74, 6) is 3.34. The predicted molar refractivity (Wildman–Crippen MR) is 76.8 cm³/mol. The third-order valence-corrected chi connectivity index (χ3v) is 5.28. The van der Waals surface area contributed by atoms with Crippen molar-refractivity contribution in [3.63, 3.8) is 0 Å². The molecule has 2 aliphatic carbocycles. The van der Waals surface area contributed by atoms with Crippen molar-refractivity contribution in [2.75, 3.05) is 26.2 Å². The van der Waals surface area contributed by atoms with Crippen molar-refractivity contribution in [1.29, 1.82) is 0 Å². The molecular formula is C16H28N2O. The number of carbonyl (C=O) groups excluding carboxylic acids is 1. The quantitative estimate of drug-likeness (QED) is 0.826. The molecule has 3 atom stereocenters. The van der Waals surface area contributed by atoms with Crippen molar-refractivity contribution in [1.82, 2.24) is 10.2 Å². The van der Waals surface area contributed by atoms with Gasteiger partial charge in [0, 0.05) is 19.0 Å². The van der Waals surface area contributed by atoms with Crippen LogP contribution in [-0.2, 0) is 4.79 Å². The highest BCUT2D eigenvalue weighted by molar-refractivity contribution is 5.79. The van der Waals surface area contributed by atoms with E-state index in [1.807, 2.05) is 0 Å². The molecule has 2 saturated carbocycles. The lowest BCUT2D eigenvalue weighted by Gasteiger charge is -2.32. The zero-order chi connectivity index (χ0) is 13.2. The number of piperidine rings is 1. The van der Waals surface area contributed by atoms with Gasteiger partial charge in [0.1, 0.15) is 0 Å². The summed E-state index contributed by atoms with van der Waals surface area (Å²) < 4.78 is 0. The van der Waals surface area contributed by atoms with E-state index in [4.69, 9.17) is 0 Å². The topological polar surface area (TPSA) is 32.3 Å². The predicted octanol–water partition coefficient (Wildman–Crippen LogP) is 2.27. The molecule has 108 valence electrons. The van der Waals surface area contributed by atoms with Gasteiger partial charge in [-0.3, -0.25) is 4.79 Å². The first-order valence-corrected chi connectivity index (χ1v) is 8.27. The number of rotatable bonds is 5. The molecule has 0 aromatic rings. The van der Waals surface area contributed by atoms with E-state index in [9.17, 15) is 4.79 Å². The smallest absolute Gasteiger partial charge is 0.225 e. The summed E-state index contributed by atoms with van der Waals surface area (Å²) in [4.78, 5) is 14.9. The van der Waals surface area contributed by atoms with Crippen LogP contribution in [0.5, 0.6) is 0 Å². The van der Waals surface area contributed by atoms with E-state index >= 15 is 0 Å². The van der Waals surface area contributed by atoms with E-state index in [0.29, 0.717) is 17.7 Å². The lowest BCUT2D eigenvalue weighted by molar-refractivity contribution is -0.136. The van der Waals surface area contributed by atoms with Gasteiger partial charge in [-0.25, -0.2) is 0 Å². The third-order valence-electron chi connectivity index (χ3n) is 5.28. The standard InChI is InChI=1S/C16H28N2O/c1-2-6-18(11-12-4-3-5-17-10-12)16(19)15-8-13-7-14(13)9-15/h12-15,17H,2-11H2,1H3. The number of nitrogens with zero attached hydrogens (tertiary/aromatic N) is 1. The van der Waals surface area contributed by atoms with Crippen LogP contribution in [0.15, 0.2) is 0 Å². The summed E-state index contributed by atoms with van der Waals surface area (Å²) in [7, 11) is 0. The molecule has 0 spiro atoms. The number of fused-ring (bicyclic) bond motifs is 1. The van der Waals surface area contributed by atoms with Crippen LogP contribution in [0.4, 0.5) is 0 Å². The molecule has 1 amide bonds. The van der Waals surface area contributed by atoms with Gasteiger partial charge >= 0.3 is 0 Å². The second-order valence-corrected chi connectivity index (χ2v) is 6.92. The zero-order valence-corrected chi connectivity index (χ0v) is 12.2. The fraction of sp³-hybridized carbons (Fsp3) is 0.938. The number of amides is 1. The normalized spacial score (nSPS) is 36.9. The average molecular weight is 264 g/mol. The molecule has 0 radical (unpaired) electrons. The fourth-order valence-electron chi connectivity index (χ4n) is 4.13. The van der Waals surface area contributed by atoms with E-state index in [1.54, 1.807) is 0 Å². The molecule has 1 N–H and O–H groups in total. The molecule has 1 saturated heterocycles. The first-order valence-electron chi connectivity index (χ1n) is 8.27. The lowest BCUT2D eigenvalue weighted by atomic mass is 9.97. The average Bonchev–Trinajstić information content (AvgIpc) is 3.05. The highest BCUT2D eigenvalue weighted by Gasteiger charge is 2.48. The number of carbonyl (C=O) groups is 1. The van der Waals surface area contributed by atoms with Gasteiger partial charge in [-0.2, -0.15) is 0 Å². The highest BCUT2D eigenvalue weighted by Crippen LogP contribution is 2.54. The largest absolute Gasteiger partial charge is 0.342 e. The van der Waals surface area contributed by atoms with E-state index in [1.165, 1.54) is 32.1 Å². The summed E-state index contributed by atoms with van der Waals surface area (Å²) >= 11 is 0. The maximum Gasteiger partial charge on any atom is 0.225 e. The van der Waals surface area contributed by atoms with E-state index in [-0.39, 0.29) is 0 Å². The Morgan fingerprint density at radius 1 is 1.26 bits per heavy atom. The summed E-state index contributed by atoms with van der Waals surface area (Å²) in [6.07, 6.45) is 7.43. The first-order chi connectivity index (χ1) is 9.28. The van der Waals surface area contributed by atoms with Gasteiger partial charge in [0.25, 0.3) is 0 Å². The molecule has 19 heavy (non-hydrogen) atoms. The molecule has 3 nitrogen and oxygen atoms in total. The van der Waals surface area contributed by atoms with Crippen molar-refractivity contribution in [2.45, 2.75) is 45.4 Å². The second kappa shape index (κ2) is 5.82. The van der Waals surface area contributed by atoms with Crippen LogP contribution in [0.2, 0.25) is 0 Å². The van der Waals surface area contributed by atoms with Crippen LogP contribution in [0.25, 0.3) is 0 Å². The zero-order valence-electron chi connectivity index (χ0n) is 12.2. The van der Waals surface area contributed by atoms with Crippen LogP contribution in [0.3, 0.4) is 0 Å². The van der Waals surface area contributed by atoms with Crippen LogP contribution in [-0.4, -0.2) is 37.0 Å². The molecule has 3 unspecified atom stereocenters. The van der Waals surface area contributed by atoms with Crippen LogP contribution < -0.4 is 5.32 Å². The summed E-state index contributed by atoms with van der Waals surface area (Å²) in [6, 6.07) is 0. The Hall–Kier alpha value is -0.570. The Morgan fingerprint density at radius 2 is 2.05 bits per heavy atom. The van der Waals surface area contributed by atoms with E-state index < -0.39 is 0 Å². The van der Waals surface area contributed by atoms with Gasteiger partial charge in [0.05, 0.1) is 0 Å². The van der Waals surface area contributed by atoms with Crippen molar-refractivity contribution in [3.05, 3.63) is 0 Å².